The number of cyclic esters (lactones) is 1. The van der Waals surface area contributed by atoms with Crippen LogP contribution in [0.1, 0.15) is 18.1 Å². The van der Waals surface area contributed by atoms with E-state index in [0.29, 0.717) is 20.6 Å². The Hall–Kier alpha value is -2.15. The zero-order valence-electron chi connectivity index (χ0n) is 16.1. The lowest BCUT2D eigenvalue weighted by molar-refractivity contribution is -0.145. The summed E-state index contributed by atoms with van der Waals surface area (Å²) in [5, 5.41) is 0. The van der Waals surface area contributed by atoms with E-state index in [2.05, 4.69) is 50.2 Å². The molecule has 0 N–H and O–H groups in total. The first-order valence-electron chi connectivity index (χ1n) is 8.85. The molecule has 2 aromatic rings. The predicted molar refractivity (Wildman–Crippen MR) is 128 cm³/mol. The average molecular weight is 633 g/mol. The summed E-state index contributed by atoms with van der Waals surface area (Å²) < 4.78 is 22.9. The first-order chi connectivity index (χ1) is 14.4. The molecule has 0 fully saturated rings. The summed E-state index contributed by atoms with van der Waals surface area (Å²) in [7, 11) is 1.50. The van der Waals surface area contributed by atoms with Crippen molar-refractivity contribution in [2.45, 2.75) is 6.92 Å². The quantitative estimate of drug-likeness (QED) is 0.259. The van der Waals surface area contributed by atoms with Crippen LogP contribution in [0.5, 0.6) is 11.5 Å². The van der Waals surface area contributed by atoms with Gasteiger partial charge < -0.3 is 18.9 Å². The van der Waals surface area contributed by atoms with Gasteiger partial charge >= 0.3 is 11.9 Å². The zero-order valence-corrected chi connectivity index (χ0v) is 20.4. The van der Waals surface area contributed by atoms with Crippen molar-refractivity contribution in [1.82, 2.24) is 0 Å². The van der Waals surface area contributed by atoms with E-state index in [-0.39, 0.29) is 24.8 Å². The van der Waals surface area contributed by atoms with E-state index in [0.717, 1.165) is 9.13 Å². The van der Waals surface area contributed by atoms with Crippen molar-refractivity contribution in [1.29, 1.82) is 0 Å². The smallest absolute Gasteiger partial charge is 0.363 e. The van der Waals surface area contributed by atoms with Gasteiger partial charge in [-0.25, -0.2) is 14.6 Å². The van der Waals surface area contributed by atoms with E-state index in [1.54, 1.807) is 25.1 Å². The SMILES string of the molecule is CCOC(=O)COc1c(I)cc(/C=C2\N=C(c3ccc(I)cc3)OC2=O)cc1OC. The molecule has 30 heavy (non-hydrogen) atoms. The number of hydrogen-bond acceptors (Lipinski definition) is 7. The summed E-state index contributed by atoms with van der Waals surface area (Å²) in [5.74, 6) is 0.114. The first kappa shape index (κ1) is 22.5. The predicted octanol–water partition coefficient (Wildman–Crippen LogP) is 4.19. The Morgan fingerprint density at radius 3 is 2.60 bits per heavy atom. The van der Waals surface area contributed by atoms with Gasteiger partial charge in [-0.2, -0.15) is 0 Å². The van der Waals surface area contributed by atoms with Crippen LogP contribution in [0.15, 0.2) is 47.1 Å². The van der Waals surface area contributed by atoms with Gasteiger partial charge in [-0.3, -0.25) is 0 Å². The minimum absolute atomic E-state index is 0.182. The van der Waals surface area contributed by atoms with Crippen LogP contribution in [0.2, 0.25) is 0 Å². The molecule has 9 heteroatoms. The van der Waals surface area contributed by atoms with Gasteiger partial charge in [-0.15, -0.1) is 0 Å². The second kappa shape index (κ2) is 10.2. The highest BCUT2D eigenvalue weighted by molar-refractivity contribution is 14.1. The zero-order chi connectivity index (χ0) is 21.7. The van der Waals surface area contributed by atoms with Gasteiger partial charge in [0.1, 0.15) is 0 Å². The van der Waals surface area contributed by atoms with Crippen molar-refractivity contribution in [3.63, 3.8) is 0 Å². The number of hydrogen-bond donors (Lipinski definition) is 0. The maximum atomic E-state index is 12.3. The van der Waals surface area contributed by atoms with Crippen LogP contribution in [-0.4, -0.2) is 38.2 Å². The van der Waals surface area contributed by atoms with Gasteiger partial charge in [0.05, 0.1) is 17.3 Å². The lowest BCUT2D eigenvalue weighted by Crippen LogP contribution is -2.15. The summed E-state index contributed by atoms with van der Waals surface area (Å²) >= 11 is 4.27. The van der Waals surface area contributed by atoms with Crippen LogP contribution in [0.4, 0.5) is 0 Å². The number of nitrogens with zero attached hydrogens (tertiary/aromatic N) is 1. The van der Waals surface area contributed by atoms with Crippen LogP contribution in [0, 0.1) is 7.14 Å². The summed E-state index contributed by atoms with van der Waals surface area (Å²) in [6, 6.07) is 11.0. The van der Waals surface area contributed by atoms with Gasteiger partial charge in [0, 0.05) is 9.13 Å². The molecule has 0 spiro atoms. The van der Waals surface area contributed by atoms with Crippen molar-refractivity contribution in [3.8, 4) is 11.5 Å². The largest absolute Gasteiger partial charge is 0.493 e. The van der Waals surface area contributed by atoms with Crippen molar-refractivity contribution >= 4 is 69.1 Å². The number of methoxy groups -OCH3 is 1. The highest BCUT2D eigenvalue weighted by Crippen LogP contribution is 2.35. The molecule has 156 valence electrons. The first-order valence-corrected chi connectivity index (χ1v) is 11.0. The number of ether oxygens (including phenoxy) is 4. The molecule has 0 saturated heterocycles. The standard InChI is InChI=1S/C21H17I2NO6/c1-3-28-18(25)11-29-19-15(23)8-12(10-17(19)27-2)9-16-21(26)30-20(24-16)13-4-6-14(22)7-5-13/h4-10H,3,11H2,1-2H3/b16-9-. The molecule has 0 radical (unpaired) electrons. The number of carbonyl (C=O) groups is 2. The van der Waals surface area contributed by atoms with E-state index in [1.165, 1.54) is 7.11 Å². The molecule has 0 aliphatic carbocycles. The Morgan fingerprint density at radius 1 is 1.20 bits per heavy atom. The van der Waals surface area contributed by atoms with E-state index in [9.17, 15) is 9.59 Å². The second-order valence-corrected chi connectivity index (χ2v) is 8.38. The van der Waals surface area contributed by atoms with Crippen LogP contribution >= 0.6 is 45.2 Å². The minimum atomic E-state index is -0.528. The summed E-state index contributed by atoms with van der Waals surface area (Å²) in [4.78, 5) is 28.1. The summed E-state index contributed by atoms with van der Waals surface area (Å²) in [6.45, 7) is 1.78. The van der Waals surface area contributed by atoms with Crippen molar-refractivity contribution in [2.75, 3.05) is 20.3 Å². The highest BCUT2D eigenvalue weighted by Gasteiger charge is 2.24. The molecule has 2 aromatic carbocycles. The second-order valence-electron chi connectivity index (χ2n) is 5.97. The third-order valence-corrected chi connectivity index (χ3v) is 5.43. The molecular weight excluding hydrogens is 616 g/mol. The maximum absolute atomic E-state index is 12.3. The topological polar surface area (TPSA) is 83.4 Å². The van der Waals surface area contributed by atoms with Gasteiger partial charge in [0.25, 0.3) is 0 Å². The number of halogens is 2. The number of aliphatic imine (C=N–C) groups is 1. The van der Waals surface area contributed by atoms with E-state index < -0.39 is 11.9 Å². The molecule has 0 aromatic heterocycles. The molecule has 7 nitrogen and oxygen atoms in total. The number of rotatable bonds is 7. The molecule has 0 saturated carbocycles. The lowest BCUT2D eigenvalue weighted by atomic mass is 10.1. The van der Waals surface area contributed by atoms with Crippen molar-refractivity contribution in [2.24, 2.45) is 4.99 Å². The fourth-order valence-corrected chi connectivity index (χ4v) is 3.72. The van der Waals surface area contributed by atoms with Gasteiger partial charge in [0.2, 0.25) is 5.90 Å². The van der Waals surface area contributed by atoms with Gasteiger partial charge in [-0.05, 0) is 100 Å². The fraction of sp³-hybridized carbons (Fsp3) is 0.190. The molecule has 1 heterocycles. The van der Waals surface area contributed by atoms with Crippen molar-refractivity contribution < 1.29 is 28.5 Å². The lowest BCUT2D eigenvalue weighted by Gasteiger charge is -2.13. The molecule has 0 amide bonds. The highest BCUT2D eigenvalue weighted by atomic mass is 127. The molecule has 0 unspecified atom stereocenters. The number of benzene rings is 2. The van der Waals surface area contributed by atoms with Crippen LogP contribution in [0.25, 0.3) is 6.08 Å². The Labute approximate surface area is 200 Å². The normalized spacial score (nSPS) is 14.3. The van der Waals surface area contributed by atoms with E-state index >= 15 is 0 Å². The molecular formula is C21H17I2NO6. The number of carbonyl (C=O) groups excluding carboxylic acids is 2. The average Bonchev–Trinajstić information content (AvgIpc) is 3.07. The third-order valence-electron chi connectivity index (χ3n) is 3.91. The third kappa shape index (κ3) is 5.50. The maximum Gasteiger partial charge on any atom is 0.363 e. The van der Waals surface area contributed by atoms with Gasteiger partial charge in [0.15, 0.2) is 23.8 Å². The Bertz CT molecular complexity index is 1030. The molecule has 3 rings (SSSR count). The Balaban J connectivity index is 1.85. The fourth-order valence-electron chi connectivity index (χ4n) is 2.58. The van der Waals surface area contributed by atoms with Gasteiger partial charge in [-0.1, -0.05) is 0 Å². The molecule has 1 aliphatic heterocycles. The molecule has 0 atom stereocenters. The molecule has 1 aliphatic rings. The van der Waals surface area contributed by atoms with Crippen LogP contribution in [-0.2, 0) is 19.1 Å². The van der Waals surface area contributed by atoms with Crippen LogP contribution in [0.3, 0.4) is 0 Å². The minimum Gasteiger partial charge on any atom is -0.493 e. The van der Waals surface area contributed by atoms with Crippen molar-refractivity contribution in [3.05, 3.63) is 60.4 Å². The summed E-state index contributed by atoms with van der Waals surface area (Å²) in [6.07, 6.45) is 1.61. The van der Waals surface area contributed by atoms with E-state index in [4.69, 9.17) is 18.9 Å². The Kier molecular flexibility index (Phi) is 7.69. The number of esters is 2. The molecule has 0 bridgehead atoms. The Morgan fingerprint density at radius 2 is 1.93 bits per heavy atom. The summed E-state index contributed by atoms with van der Waals surface area (Å²) in [5.41, 5.74) is 1.59. The van der Waals surface area contributed by atoms with Crippen LogP contribution < -0.4 is 9.47 Å². The van der Waals surface area contributed by atoms with E-state index in [1.807, 2.05) is 24.3 Å². The monoisotopic (exact) mass is 633 g/mol.